The summed E-state index contributed by atoms with van der Waals surface area (Å²) in [6.07, 6.45) is -8.82. The van der Waals surface area contributed by atoms with Crippen LogP contribution in [0.5, 0.6) is 23.0 Å². The fourth-order valence-electron chi connectivity index (χ4n) is 3.77. The lowest BCUT2D eigenvalue weighted by Gasteiger charge is -2.04. The second-order valence-electron chi connectivity index (χ2n) is 8.81. The molecule has 0 aliphatic heterocycles. The van der Waals surface area contributed by atoms with Crippen molar-refractivity contribution in [3.05, 3.63) is 83.9 Å². The van der Waals surface area contributed by atoms with Crippen LogP contribution in [0.4, 0.5) is 26.3 Å². The lowest BCUT2D eigenvalue weighted by molar-refractivity contribution is -0.138. The average Bonchev–Trinajstić information content (AvgIpc) is 3.55. The Bertz CT molecular complexity index is 1790. The zero-order valence-electron chi connectivity index (χ0n) is 20.7. The van der Waals surface area contributed by atoms with E-state index < -0.39 is 23.5 Å². The van der Waals surface area contributed by atoms with Gasteiger partial charge in [-0.05, 0) is 72.8 Å². The molecule has 0 spiro atoms. The number of nitrogens with zero attached hydrogens (tertiary/aromatic N) is 2. The maximum Gasteiger partial charge on any atom is 0.416 e. The molecule has 4 N–H and O–H groups in total. The molecule has 2 aromatic heterocycles. The molecule has 6 rings (SSSR count). The van der Waals surface area contributed by atoms with Gasteiger partial charge in [-0.2, -0.15) is 26.3 Å². The summed E-state index contributed by atoms with van der Waals surface area (Å²) >= 11 is 2.43. The first-order chi connectivity index (χ1) is 19.7. The number of phenolic OH excluding ortho intramolecular Hbond substituents is 4. The minimum atomic E-state index is -4.41. The Morgan fingerprint density at radius 2 is 0.857 bits per heavy atom. The molecule has 0 fully saturated rings. The zero-order chi connectivity index (χ0) is 30.4. The summed E-state index contributed by atoms with van der Waals surface area (Å²) in [5.41, 5.74) is 0.0516. The molecule has 14 heteroatoms. The van der Waals surface area contributed by atoms with E-state index in [1.165, 1.54) is 71.2 Å². The van der Waals surface area contributed by atoms with E-state index >= 15 is 0 Å². The van der Waals surface area contributed by atoms with Gasteiger partial charge >= 0.3 is 12.4 Å². The third kappa shape index (κ3) is 6.04. The normalized spacial score (nSPS) is 12.0. The lowest BCUT2D eigenvalue weighted by Crippen LogP contribution is -2.03. The largest absolute Gasteiger partial charge is 0.504 e. The number of aromatic nitrogens is 2. The van der Waals surface area contributed by atoms with Crippen molar-refractivity contribution in [3.8, 4) is 44.1 Å². The number of hydrogen-bond donors (Lipinski definition) is 4. The molecule has 0 aliphatic carbocycles. The van der Waals surface area contributed by atoms with Crippen molar-refractivity contribution < 1.29 is 46.8 Å². The van der Waals surface area contributed by atoms with Gasteiger partial charge in [0.15, 0.2) is 23.0 Å². The highest BCUT2D eigenvalue weighted by molar-refractivity contribution is 7.22. The first kappa shape index (κ1) is 29.0. The fraction of sp³-hybridized carbons (Fsp3) is 0.0714. The number of phenols is 4. The van der Waals surface area contributed by atoms with Crippen molar-refractivity contribution in [2.75, 3.05) is 0 Å². The number of rotatable bonds is 2. The molecular weight excluding hydrogens is 606 g/mol. The maximum atomic E-state index is 12.7. The quantitative estimate of drug-likeness (QED) is 0.114. The van der Waals surface area contributed by atoms with Crippen LogP contribution in [-0.4, -0.2) is 30.4 Å². The van der Waals surface area contributed by atoms with Crippen molar-refractivity contribution in [1.82, 2.24) is 9.97 Å². The molecule has 4 aromatic carbocycles. The van der Waals surface area contributed by atoms with Gasteiger partial charge in [0.05, 0.1) is 31.6 Å². The molecule has 6 aromatic rings. The van der Waals surface area contributed by atoms with Gasteiger partial charge in [0, 0.05) is 11.1 Å². The van der Waals surface area contributed by atoms with E-state index in [4.69, 9.17) is 0 Å². The summed E-state index contributed by atoms with van der Waals surface area (Å²) < 4.78 is 77.2. The Balaban J connectivity index is 0.000000168. The van der Waals surface area contributed by atoms with Crippen LogP contribution in [-0.2, 0) is 12.4 Å². The monoisotopic (exact) mass is 622 g/mol. The van der Waals surface area contributed by atoms with E-state index in [-0.39, 0.29) is 34.0 Å². The summed E-state index contributed by atoms with van der Waals surface area (Å²) in [6.45, 7) is 0. The smallest absolute Gasteiger partial charge is 0.416 e. The lowest BCUT2D eigenvalue weighted by atomic mass is 10.2. The van der Waals surface area contributed by atoms with Gasteiger partial charge in [-0.1, -0.05) is 0 Å². The summed E-state index contributed by atoms with van der Waals surface area (Å²) in [4.78, 5) is 8.31. The third-order valence-corrected chi connectivity index (χ3v) is 8.05. The minimum absolute atomic E-state index is 0.248. The highest BCUT2D eigenvalue weighted by Crippen LogP contribution is 2.39. The van der Waals surface area contributed by atoms with Gasteiger partial charge in [-0.25, -0.2) is 9.97 Å². The molecule has 0 saturated carbocycles. The molecule has 0 saturated heterocycles. The van der Waals surface area contributed by atoms with Gasteiger partial charge in [0.1, 0.15) is 10.0 Å². The molecular formula is C28H16F6N2O4S2. The average molecular weight is 623 g/mol. The molecule has 2 heterocycles. The highest BCUT2D eigenvalue weighted by Gasteiger charge is 2.31. The molecule has 0 aliphatic rings. The topological polar surface area (TPSA) is 107 Å². The van der Waals surface area contributed by atoms with Crippen LogP contribution in [0.2, 0.25) is 0 Å². The van der Waals surface area contributed by atoms with E-state index in [0.29, 0.717) is 30.5 Å². The van der Waals surface area contributed by atoms with Gasteiger partial charge < -0.3 is 20.4 Å². The van der Waals surface area contributed by atoms with Gasteiger partial charge in [-0.3, -0.25) is 0 Å². The Kier molecular flexibility index (Phi) is 7.37. The van der Waals surface area contributed by atoms with Crippen LogP contribution < -0.4 is 0 Å². The summed E-state index contributed by atoms with van der Waals surface area (Å²) in [5.74, 6) is -1.14. The number of alkyl halides is 6. The molecule has 42 heavy (non-hydrogen) atoms. The number of benzene rings is 4. The van der Waals surface area contributed by atoms with Crippen LogP contribution >= 0.6 is 22.7 Å². The van der Waals surface area contributed by atoms with Crippen LogP contribution in [0.25, 0.3) is 41.6 Å². The maximum absolute atomic E-state index is 12.7. The van der Waals surface area contributed by atoms with E-state index in [2.05, 4.69) is 9.97 Å². The predicted octanol–water partition coefficient (Wildman–Crippen LogP) is 8.79. The summed E-state index contributed by atoms with van der Waals surface area (Å²) in [6, 6.07) is 15.1. The van der Waals surface area contributed by atoms with Crippen LogP contribution in [0.3, 0.4) is 0 Å². The van der Waals surface area contributed by atoms with Gasteiger partial charge in [-0.15, -0.1) is 22.7 Å². The molecule has 0 unspecified atom stereocenters. The number of thiazole rings is 2. The zero-order valence-corrected chi connectivity index (χ0v) is 22.3. The first-order valence-electron chi connectivity index (χ1n) is 11.7. The van der Waals surface area contributed by atoms with E-state index in [9.17, 15) is 46.8 Å². The van der Waals surface area contributed by atoms with Crippen molar-refractivity contribution >= 4 is 43.1 Å². The molecule has 0 bridgehead atoms. The Labute approximate surface area is 240 Å². The van der Waals surface area contributed by atoms with Crippen molar-refractivity contribution in [2.24, 2.45) is 0 Å². The molecule has 6 nitrogen and oxygen atoms in total. The first-order valence-corrected chi connectivity index (χ1v) is 13.3. The van der Waals surface area contributed by atoms with E-state index in [1.807, 2.05) is 0 Å². The van der Waals surface area contributed by atoms with Gasteiger partial charge in [0.2, 0.25) is 0 Å². The molecule has 0 radical (unpaired) electrons. The summed E-state index contributed by atoms with van der Waals surface area (Å²) in [5, 5.41) is 38.4. The Morgan fingerprint density at radius 1 is 0.476 bits per heavy atom. The fourth-order valence-corrected chi connectivity index (χ4v) is 5.65. The Morgan fingerprint density at radius 3 is 1.19 bits per heavy atom. The number of halogens is 6. The second kappa shape index (κ2) is 10.7. The number of hydrogen-bond acceptors (Lipinski definition) is 8. The SMILES string of the molecule is Oc1ccc(-c2nc3cc(C(F)(F)F)ccc3s2)cc1O.Oc1ccc(-c2nc3cc(C(F)(F)F)ccc3s2)cc1O. The highest BCUT2D eigenvalue weighted by atomic mass is 32.1. The van der Waals surface area contributed by atoms with E-state index in [0.717, 1.165) is 24.3 Å². The number of aromatic hydroxyl groups is 4. The summed E-state index contributed by atoms with van der Waals surface area (Å²) in [7, 11) is 0. The van der Waals surface area contributed by atoms with Crippen molar-refractivity contribution in [2.45, 2.75) is 12.4 Å². The van der Waals surface area contributed by atoms with Crippen LogP contribution in [0.1, 0.15) is 11.1 Å². The third-order valence-electron chi connectivity index (χ3n) is 5.87. The number of fused-ring (bicyclic) bond motifs is 2. The van der Waals surface area contributed by atoms with Crippen molar-refractivity contribution in [3.63, 3.8) is 0 Å². The van der Waals surface area contributed by atoms with Crippen molar-refractivity contribution in [1.29, 1.82) is 0 Å². The van der Waals surface area contributed by atoms with Crippen LogP contribution in [0, 0.1) is 0 Å². The second-order valence-corrected chi connectivity index (χ2v) is 10.9. The predicted molar refractivity (Wildman–Crippen MR) is 147 cm³/mol. The van der Waals surface area contributed by atoms with Crippen LogP contribution in [0.15, 0.2) is 72.8 Å². The van der Waals surface area contributed by atoms with E-state index in [1.54, 1.807) is 0 Å². The standard InChI is InChI=1S/2C14H8F3NO2S/c2*15-14(16,17)8-2-4-12-9(6-8)18-13(21-12)7-1-3-10(19)11(20)5-7/h2*1-6,19-20H. The van der Waals surface area contributed by atoms with Gasteiger partial charge in [0.25, 0.3) is 0 Å². The molecule has 0 atom stereocenters. The minimum Gasteiger partial charge on any atom is -0.504 e. The molecule has 216 valence electrons. The Hall–Kier alpha value is -4.56. The molecule has 0 amide bonds.